The first-order valence-electron chi connectivity index (χ1n) is 7.14. The third-order valence-electron chi connectivity index (χ3n) is 4.50. The molecule has 1 aliphatic carbocycles. The maximum absolute atomic E-state index is 11.8. The number of ether oxygens (including phenoxy) is 1. The van der Waals surface area contributed by atoms with Gasteiger partial charge in [0.05, 0.1) is 6.61 Å². The molecule has 2 aliphatic rings. The first kappa shape index (κ1) is 13.8. The Balaban J connectivity index is 2.19. The Morgan fingerprint density at radius 3 is 2.78 bits per heavy atom. The number of likely N-dealkylation sites (tertiary alicyclic amines) is 1. The minimum atomic E-state index is -0.636. The van der Waals surface area contributed by atoms with Crippen molar-refractivity contribution in [1.82, 2.24) is 4.90 Å². The quantitative estimate of drug-likeness (QED) is 0.757. The number of carboxylic acid groups (broad SMARTS) is 1. The largest absolute Gasteiger partial charge is 0.480 e. The number of nitrogens with zero attached hydrogens (tertiary/aromatic N) is 1. The van der Waals surface area contributed by atoms with E-state index < -0.39 is 11.5 Å². The highest BCUT2D eigenvalue weighted by molar-refractivity contribution is 5.79. The molecule has 4 heteroatoms. The molecular weight excluding hydrogens is 230 g/mol. The van der Waals surface area contributed by atoms with Crippen LogP contribution in [0.2, 0.25) is 0 Å². The Hall–Kier alpha value is -0.610. The average Bonchev–Trinajstić information content (AvgIpc) is 3.08. The number of hydrogen-bond acceptors (Lipinski definition) is 3. The Kier molecular flexibility index (Phi) is 4.28. The zero-order valence-corrected chi connectivity index (χ0v) is 11.5. The molecular formula is C14H25NO3. The van der Waals surface area contributed by atoms with E-state index in [1.54, 1.807) is 7.11 Å². The lowest BCUT2D eigenvalue weighted by Gasteiger charge is -2.40. The summed E-state index contributed by atoms with van der Waals surface area (Å²) in [6.45, 7) is 3.66. The van der Waals surface area contributed by atoms with Crippen LogP contribution in [0.5, 0.6) is 0 Å². The van der Waals surface area contributed by atoms with Gasteiger partial charge in [-0.2, -0.15) is 0 Å². The van der Waals surface area contributed by atoms with E-state index in [1.807, 2.05) is 0 Å². The molecule has 0 aromatic heterocycles. The van der Waals surface area contributed by atoms with Gasteiger partial charge in [-0.25, -0.2) is 0 Å². The molecule has 1 N–H and O–H groups in total. The second-order valence-electron chi connectivity index (χ2n) is 5.74. The minimum Gasteiger partial charge on any atom is -0.480 e. The van der Waals surface area contributed by atoms with E-state index in [0.29, 0.717) is 18.6 Å². The summed E-state index contributed by atoms with van der Waals surface area (Å²) in [7, 11) is 1.72. The van der Waals surface area contributed by atoms with Crippen LogP contribution in [0.4, 0.5) is 0 Å². The van der Waals surface area contributed by atoms with E-state index in [4.69, 9.17) is 4.74 Å². The van der Waals surface area contributed by atoms with Crippen LogP contribution in [-0.2, 0) is 9.53 Å². The Bertz CT molecular complexity index is 303. The molecule has 1 saturated carbocycles. The number of rotatable bonds is 7. The molecule has 0 radical (unpaired) electrons. The highest BCUT2D eigenvalue weighted by atomic mass is 16.5. The molecule has 0 bridgehead atoms. The highest BCUT2D eigenvalue weighted by Crippen LogP contribution is 2.43. The lowest BCUT2D eigenvalue weighted by Crippen LogP contribution is -2.56. The third kappa shape index (κ3) is 2.41. The van der Waals surface area contributed by atoms with Crippen molar-refractivity contribution in [1.29, 1.82) is 0 Å². The van der Waals surface area contributed by atoms with Crippen molar-refractivity contribution in [3.05, 3.63) is 0 Å². The first-order chi connectivity index (χ1) is 8.65. The molecule has 2 fully saturated rings. The number of carbonyl (C=O) groups is 1. The van der Waals surface area contributed by atoms with Crippen LogP contribution in [-0.4, -0.2) is 47.8 Å². The molecule has 2 unspecified atom stereocenters. The first-order valence-corrected chi connectivity index (χ1v) is 7.14. The smallest absolute Gasteiger partial charge is 0.324 e. The normalized spacial score (nSPS) is 30.6. The molecule has 0 aromatic rings. The lowest BCUT2D eigenvalue weighted by molar-refractivity contribution is -0.153. The fourth-order valence-electron chi connectivity index (χ4n) is 3.53. The molecule has 1 heterocycles. The Morgan fingerprint density at radius 2 is 2.28 bits per heavy atom. The topological polar surface area (TPSA) is 49.8 Å². The molecule has 1 aliphatic heterocycles. The summed E-state index contributed by atoms with van der Waals surface area (Å²) < 4.78 is 5.33. The van der Waals surface area contributed by atoms with E-state index in [0.717, 1.165) is 32.2 Å². The van der Waals surface area contributed by atoms with Crippen molar-refractivity contribution in [2.75, 3.05) is 20.3 Å². The van der Waals surface area contributed by atoms with Gasteiger partial charge in [-0.3, -0.25) is 9.69 Å². The Morgan fingerprint density at radius 1 is 1.56 bits per heavy atom. The van der Waals surface area contributed by atoms with Crippen LogP contribution in [0.25, 0.3) is 0 Å². The summed E-state index contributed by atoms with van der Waals surface area (Å²) in [5, 5.41) is 9.70. The van der Waals surface area contributed by atoms with Gasteiger partial charge >= 0.3 is 5.97 Å². The predicted molar refractivity (Wildman–Crippen MR) is 69.6 cm³/mol. The summed E-state index contributed by atoms with van der Waals surface area (Å²) >= 11 is 0. The summed E-state index contributed by atoms with van der Waals surface area (Å²) in [6, 6.07) is 0.306. The monoisotopic (exact) mass is 255 g/mol. The summed E-state index contributed by atoms with van der Waals surface area (Å²) in [5.74, 6) is 0.0160. The van der Waals surface area contributed by atoms with Crippen LogP contribution < -0.4 is 0 Å². The van der Waals surface area contributed by atoms with Crippen LogP contribution in [0.15, 0.2) is 0 Å². The molecule has 18 heavy (non-hydrogen) atoms. The molecule has 0 amide bonds. The van der Waals surface area contributed by atoms with E-state index >= 15 is 0 Å². The maximum atomic E-state index is 11.8. The fourth-order valence-corrected chi connectivity index (χ4v) is 3.53. The van der Waals surface area contributed by atoms with Gasteiger partial charge in [0, 0.05) is 13.2 Å². The zero-order valence-electron chi connectivity index (χ0n) is 11.5. The number of methoxy groups -OCH3 is 1. The SMILES string of the molecule is CCCC1(C(=O)O)CCCN1C(COC)C1CC1. The van der Waals surface area contributed by atoms with E-state index in [-0.39, 0.29) is 0 Å². The van der Waals surface area contributed by atoms with Crippen LogP contribution in [0.1, 0.15) is 45.4 Å². The van der Waals surface area contributed by atoms with Crippen molar-refractivity contribution in [3.63, 3.8) is 0 Å². The molecule has 0 spiro atoms. The summed E-state index contributed by atoms with van der Waals surface area (Å²) in [4.78, 5) is 14.0. The van der Waals surface area contributed by atoms with Gasteiger partial charge in [0.25, 0.3) is 0 Å². The molecule has 104 valence electrons. The van der Waals surface area contributed by atoms with Gasteiger partial charge < -0.3 is 9.84 Å². The number of hydrogen-bond donors (Lipinski definition) is 1. The number of aliphatic carboxylic acids is 1. The van der Waals surface area contributed by atoms with Crippen molar-refractivity contribution in [2.45, 2.75) is 57.0 Å². The fraction of sp³-hybridized carbons (Fsp3) is 0.929. The van der Waals surface area contributed by atoms with Crippen LogP contribution in [0, 0.1) is 5.92 Å². The van der Waals surface area contributed by atoms with Gasteiger partial charge in [-0.05, 0) is 44.6 Å². The van der Waals surface area contributed by atoms with E-state index in [1.165, 1.54) is 12.8 Å². The third-order valence-corrected chi connectivity index (χ3v) is 4.50. The molecule has 0 aromatic carbocycles. The summed E-state index contributed by atoms with van der Waals surface area (Å²) in [6.07, 6.45) is 5.93. The highest BCUT2D eigenvalue weighted by Gasteiger charge is 2.52. The van der Waals surface area contributed by atoms with Crippen molar-refractivity contribution >= 4 is 5.97 Å². The van der Waals surface area contributed by atoms with Gasteiger partial charge in [0.1, 0.15) is 5.54 Å². The lowest BCUT2D eigenvalue weighted by atomic mass is 9.89. The Labute approximate surface area is 109 Å². The number of carboxylic acids is 1. The van der Waals surface area contributed by atoms with E-state index in [9.17, 15) is 9.90 Å². The van der Waals surface area contributed by atoms with Crippen molar-refractivity contribution in [3.8, 4) is 0 Å². The maximum Gasteiger partial charge on any atom is 0.324 e. The van der Waals surface area contributed by atoms with Crippen LogP contribution >= 0.6 is 0 Å². The second kappa shape index (κ2) is 5.57. The standard InChI is InChI=1S/C14H25NO3/c1-3-7-14(13(16)17)8-4-9-15(14)12(10-18-2)11-5-6-11/h11-12H,3-10H2,1-2H3,(H,16,17). The molecule has 2 atom stereocenters. The second-order valence-corrected chi connectivity index (χ2v) is 5.74. The van der Waals surface area contributed by atoms with Gasteiger partial charge in [-0.1, -0.05) is 13.3 Å². The van der Waals surface area contributed by atoms with Crippen molar-refractivity contribution < 1.29 is 14.6 Å². The predicted octanol–water partition coefficient (Wildman–Crippen LogP) is 2.13. The van der Waals surface area contributed by atoms with Gasteiger partial charge in [0.2, 0.25) is 0 Å². The average molecular weight is 255 g/mol. The molecule has 4 nitrogen and oxygen atoms in total. The van der Waals surface area contributed by atoms with Crippen molar-refractivity contribution in [2.24, 2.45) is 5.92 Å². The minimum absolute atomic E-state index is 0.306. The van der Waals surface area contributed by atoms with Gasteiger partial charge in [0.15, 0.2) is 0 Å². The summed E-state index contributed by atoms with van der Waals surface area (Å²) in [5.41, 5.74) is -0.624. The molecule has 1 saturated heterocycles. The zero-order chi connectivity index (χ0) is 13.2. The van der Waals surface area contributed by atoms with Crippen LogP contribution in [0.3, 0.4) is 0 Å². The van der Waals surface area contributed by atoms with Gasteiger partial charge in [-0.15, -0.1) is 0 Å². The van der Waals surface area contributed by atoms with E-state index in [2.05, 4.69) is 11.8 Å². The molecule has 2 rings (SSSR count).